The lowest BCUT2D eigenvalue weighted by atomic mass is 10.2. The van der Waals surface area contributed by atoms with Crippen LogP contribution in [0.2, 0.25) is 5.02 Å². The average Bonchev–Trinajstić information content (AvgIpc) is 3.33. The van der Waals surface area contributed by atoms with E-state index in [0.717, 1.165) is 9.86 Å². The summed E-state index contributed by atoms with van der Waals surface area (Å²) in [6, 6.07) is 18.0. The van der Waals surface area contributed by atoms with E-state index >= 15 is 0 Å². The number of nitriles is 1. The highest BCUT2D eigenvalue weighted by Gasteiger charge is 2.19. The standard InChI is InChI=1S/C27H17Br2ClN4O4/c1-2-36-21-13-16(23(29)24(30)25(21)37-10-9-31)14-32-34-26(33-19-6-4-3-5-18(19)27(34)35)22-12-15-11-17(28)7-8-20(15)38-22/h3-8,11-14H,2,10H2,1H3. The van der Waals surface area contributed by atoms with Crippen LogP contribution >= 0.6 is 43.5 Å². The van der Waals surface area contributed by atoms with Crippen LogP contribution in [0.25, 0.3) is 33.5 Å². The van der Waals surface area contributed by atoms with Gasteiger partial charge in [0.05, 0.1) is 23.7 Å². The van der Waals surface area contributed by atoms with Crippen LogP contribution in [-0.2, 0) is 0 Å². The Kier molecular flexibility index (Phi) is 7.51. The molecule has 0 aliphatic rings. The molecular formula is C27H17Br2ClN4O4. The Morgan fingerprint density at radius 2 is 2.00 bits per heavy atom. The fraction of sp³-hybridized carbons (Fsp3) is 0.111. The molecule has 0 N–H and O–H groups in total. The second-order valence-corrected chi connectivity index (χ2v) is 9.99. The van der Waals surface area contributed by atoms with Crippen LogP contribution < -0.4 is 15.0 Å². The molecule has 0 unspecified atom stereocenters. The minimum Gasteiger partial charge on any atom is -0.490 e. The van der Waals surface area contributed by atoms with Gasteiger partial charge in [0.15, 0.2) is 23.9 Å². The van der Waals surface area contributed by atoms with Crippen molar-refractivity contribution in [3.63, 3.8) is 0 Å². The van der Waals surface area contributed by atoms with Crippen molar-refractivity contribution in [3.05, 3.63) is 84.5 Å². The van der Waals surface area contributed by atoms with Crippen molar-refractivity contribution in [2.45, 2.75) is 6.92 Å². The molecule has 0 aliphatic heterocycles. The van der Waals surface area contributed by atoms with E-state index in [4.69, 9.17) is 35.7 Å². The third-order valence-corrected chi connectivity index (χ3v) is 7.44. The summed E-state index contributed by atoms with van der Waals surface area (Å²) in [6.07, 6.45) is 1.47. The highest BCUT2D eigenvalue weighted by Crippen LogP contribution is 2.42. The first-order chi connectivity index (χ1) is 18.4. The van der Waals surface area contributed by atoms with Crippen LogP contribution in [0.1, 0.15) is 12.5 Å². The van der Waals surface area contributed by atoms with Crippen molar-refractivity contribution in [1.82, 2.24) is 9.66 Å². The van der Waals surface area contributed by atoms with Crippen molar-refractivity contribution in [1.29, 1.82) is 5.26 Å². The second-order valence-electron chi connectivity index (χ2n) is 7.91. The molecule has 0 radical (unpaired) electrons. The number of para-hydroxylation sites is 1. The largest absolute Gasteiger partial charge is 0.490 e. The molecule has 0 spiro atoms. The SMILES string of the molecule is CCOc1cc(C=Nn2c(-c3cc4cc(Br)ccc4o3)nc3ccccc3c2=O)c(Br)c(Cl)c1OCC#N. The van der Waals surface area contributed by atoms with Crippen LogP contribution in [0.5, 0.6) is 11.5 Å². The first-order valence-electron chi connectivity index (χ1n) is 11.3. The quantitative estimate of drug-likeness (QED) is 0.172. The maximum absolute atomic E-state index is 13.6. The molecule has 3 aromatic carbocycles. The summed E-state index contributed by atoms with van der Waals surface area (Å²) in [7, 11) is 0. The van der Waals surface area contributed by atoms with Gasteiger partial charge in [0.2, 0.25) is 5.82 Å². The monoisotopic (exact) mass is 654 g/mol. The second kappa shape index (κ2) is 11.0. The number of hydrogen-bond acceptors (Lipinski definition) is 7. The Bertz CT molecular complexity index is 1820. The Morgan fingerprint density at radius 1 is 1.18 bits per heavy atom. The predicted octanol–water partition coefficient (Wildman–Crippen LogP) is 7.17. The van der Waals surface area contributed by atoms with Crippen molar-refractivity contribution in [2.24, 2.45) is 5.10 Å². The van der Waals surface area contributed by atoms with Crippen molar-refractivity contribution >= 4 is 71.5 Å². The molecule has 190 valence electrons. The highest BCUT2D eigenvalue weighted by molar-refractivity contribution is 9.10. The van der Waals surface area contributed by atoms with Crippen molar-refractivity contribution in [3.8, 4) is 29.2 Å². The molecule has 38 heavy (non-hydrogen) atoms. The summed E-state index contributed by atoms with van der Waals surface area (Å²) in [6.45, 7) is 1.96. The molecule has 0 fully saturated rings. The van der Waals surface area contributed by atoms with Gasteiger partial charge in [-0.25, -0.2) is 4.98 Å². The van der Waals surface area contributed by atoms with Crippen LogP contribution in [0.4, 0.5) is 0 Å². The number of aromatic nitrogens is 2. The molecule has 8 nitrogen and oxygen atoms in total. The zero-order chi connectivity index (χ0) is 26.8. The van der Waals surface area contributed by atoms with Crippen LogP contribution in [0.15, 0.2) is 77.9 Å². The smallest absolute Gasteiger partial charge is 0.282 e. The number of rotatable bonds is 7. The molecular weight excluding hydrogens is 640 g/mol. The van der Waals surface area contributed by atoms with Crippen LogP contribution in [0, 0.1) is 11.3 Å². The highest BCUT2D eigenvalue weighted by atomic mass is 79.9. The van der Waals surface area contributed by atoms with E-state index in [0.29, 0.717) is 44.6 Å². The molecule has 2 heterocycles. The van der Waals surface area contributed by atoms with Gasteiger partial charge in [0.1, 0.15) is 16.7 Å². The number of hydrogen-bond donors (Lipinski definition) is 0. The van der Waals surface area contributed by atoms with Crippen LogP contribution in [-0.4, -0.2) is 29.1 Å². The van der Waals surface area contributed by atoms with Gasteiger partial charge < -0.3 is 13.9 Å². The summed E-state index contributed by atoms with van der Waals surface area (Å²) < 4.78 is 19.7. The zero-order valence-corrected chi connectivity index (χ0v) is 23.7. The maximum Gasteiger partial charge on any atom is 0.282 e. The molecule has 0 aliphatic carbocycles. The Balaban J connectivity index is 1.69. The summed E-state index contributed by atoms with van der Waals surface area (Å²) in [5, 5.41) is 14.9. The lowest BCUT2D eigenvalue weighted by Gasteiger charge is -2.14. The minimum atomic E-state index is -0.371. The molecule has 2 aromatic heterocycles. The predicted molar refractivity (Wildman–Crippen MR) is 153 cm³/mol. The first-order valence-corrected chi connectivity index (χ1v) is 13.3. The molecule has 0 saturated heterocycles. The summed E-state index contributed by atoms with van der Waals surface area (Å²) in [5.74, 6) is 1.19. The summed E-state index contributed by atoms with van der Waals surface area (Å²) in [4.78, 5) is 18.3. The third kappa shape index (κ3) is 4.92. The number of furan rings is 1. The Hall–Kier alpha value is -3.65. The third-order valence-electron chi connectivity index (χ3n) is 5.50. The van der Waals surface area contributed by atoms with Gasteiger partial charge in [-0.2, -0.15) is 15.0 Å². The molecule has 0 amide bonds. The summed E-state index contributed by atoms with van der Waals surface area (Å²) >= 11 is 13.5. The van der Waals surface area contributed by atoms with Gasteiger partial charge in [0.25, 0.3) is 5.56 Å². The van der Waals surface area contributed by atoms with Gasteiger partial charge in [-0.1, -0.05) is 39.7 Å². The normalized spacial score (nSPS) is 11.3. The van der Waals surface area contributed by atoms with Gasteiger partial charge >= 0.3 is 0 Å². The number of halogens is 3. The molecule has 0 saturated carbocycles. The zero-order valence-electron chi connectivity index (χ0n) is 19.7. The Morgan fingerprint density at radius 3 is 2.79 bits per heavy atom. The molecule has 5 aromatic rings. The van der Waals surface area contributed by atoms with E-state index in [1.54, 1.807) is 24.3 Å². The maximum atomic E-state index is 13.6. The lowest BCUT2D eigenvalue weighted by molar-refractivity contribution is 0.298. The first kappa shape index (κ1) is 26.0. The number of fused-ring (bicyclic) bond motifs is 2. The fourth-order valence-electron chi connectivity index (χ4n) is 3.83. The number of nitrogens with zero attached hydrogens (tertiary/aromatic N) is 4. The van der Waals surface area contributed by atoms with E-state index in [2.05, 4.69) is 37.0 Å². The van der Waals surface area contributed by atoms with E-state index in [-0.39, 0.29) is 28.8 Å². The van der Waals surface area contributed by atoms with E-state index in [1.807, 2.05) is 43.3 Å². The molecule has 0 atom stereocenters. The lowest BCUT2D eigenvalue weighted by Crippen LogP contribution is -2.20. The van der Waals surface area contributed by atoms with Gasteiger partial charge in [-0.15, -0.1) is 0 Å². The number of benzene rings is 3. The van der Waals surface area contributed by atoms with Crippen molar-refractivity contribution < 1.29 is 13.9 Å². The van der Waals surface area contributed by atoms with E-state index in [1.165, 1.54) is 10.9 Å². The number of ether oxygens (including phenoxy) is 2. The van der Waals surface area contributed by atoms with Crippen LogP contribution in [0.3, 0.4) is 0 Å². The van der Waals surface area contributed by atoms with Crippen molar-refractivity contribution in [2.75, 3.05) is 13.2 Å². The summed E-state index contributed by atoms with van der Waals surface area (Å²) in [5.41, 5.74) is 1.31. The van der Waals surface area contributed by atoms with Gasteiger partial charge in [0, 0.05) is 19.9 Å². The topological polar surface area (TPSA) is 103 Å². The minimum absolute atomic E-state index is 0.199. The molecule has 11 heteroatoms. The van der Waals surface area contributed by atoms with Gasteiger partial charge in [-0.05, 0) is 65.3 Å². The average molecular weight is 657 g/mol. The van der Waals surface area contributed by atoms with E-state index in [9.17, 15) is 4.79 Å². The Labute approximate surface area is 238 Å². The van der Waals surface area contributed by atoms with E-state index < -0.39 is 0 Å². The van der Waals surface area contributed by atoms with Gasteiger partial charge in [-0.3, -0.25) is 4.79 Å². The fourth-order valence-corrected chi connectivity index (χ4v) is 4.87. The molecule has 5 rings (SSSR count). The molecule has 0 bridgehead atoms.